The number of hydrazone groups is 1. The van der Waals surface area contributed by atoms with E-state index in [-0.39, 0.29) is 0 Å². The minimum atomic E-state index is -1.21. The van der Waals surface area contributed by atoms with Gasteiger partial charge < -0.3 is 5.11 Å². The van der Waals surface area contributed by atoms with Crippen LogP contribution in [0.5, 0.6) is 0 Å². The third kappa shape index (κ3) is 4.00. The first-order valence-corrected chi connectivity index (χ1v) is 7.59. The van der Waals surface area contributed by atoms with E-state index < -0.39 is 12.0 Å². The third-order valence-corrected chi connectivity index (χ3v) is 4.40. The molecule has 0 radical (unpaired) electrons. The molecule has 2 N–H and O–H groups in total. The van der Waals surface area contributed by atoms with Crippen molar-refractivity contribution in [3.8, 4) is 0 Å². The summed E-state index contributed by atoms with van der Waals surface area (Å²) in [6.45, 7) is 3.93. The lowest BCUT2D eigenvalue weighted by molar-refractivity contribution is -0.129. The van der Waals surface area contributed by atoms with Crippen molar-refractivity contribution in [2.45, 2.75) is 26.4 Å². The molecule has 0 aliphatic heterocycles. The summed E-state index contributed by atoms with van der Waals surface area (Å²) in [5.74, 6) is -0.534. The lowest BCUT2D eigenvalue weighted by atomic mass is 10.1. The second-order valence-corrected chi connectivity index (χ2v) is 5.77. The smallest absolute Gasteiger partial charge is 0.273 e. The van der Waals surface area contributed by atoms with E-state index in [2.05, 4.69) is 23.5 Å². The molecule has 0 bridgehead atoms. The third-order valence-electron chi connectivity index (χ3n) is 3.06. The van der Waals surface area contributed by atoms with Gasteiger partial charge in [0.25, 0.3) is 5.91 Å². The predicted molar refractivity (Wildman–Crippen MR) is 85.5 cm³/mol. The van der Waals surface area contributed by atoms with Gasteiger partial charge in [-0.3, -0.25) is 4.79 Å². The van der Waals surface area contributed by atoms with Crippen LogP contribution in [-0.4, -0.2) is 16.7 Å². The fraction of sp³-hybridized carbons (Fsp3) is 0.250. The highest BCUT2D eigenvalue weighted by Gasteiger charge is 2.16. The van der Waals surface area contributed by atoms with Crippen LogP contribution in [-0.2, 0) is 11.2 Å². The molecule has 1 aromatic heterocycles. The molecular weight excluding hydrogens is 284 g/mol. The molecule has 0 aliphatic rings. The molecule has 0 saturated carbocycles. The van der Waals surface area contributed by atoms with E-state index >= 15 is 0 Å². The monoisotopic (exact) mass is 302 g/mol. The molecule has 1 unspecified atom stereocenters. The van der Waals surface area contributed by atoms with Crippen molar-refractivity contribution in [3.05, 3.63) is 57.8 Å². The number of aliphatic hydroxyl groups excluding tert-OH is 1. The summed E-state index contributed by atoms with van der Waals surface area (Å²) in [5, 5.41) is 14.0. The van der Waals surface area contributed by atoms with E-state index in [1.807, 2.05) is 19.1 Å². The molecule has 1 amide bonds. The molecule has 2 rings (SSSR count). The van der Waals surface area contributed by atoms with Crippen molar-refractivity contribution < 1.29 is 9.90 Å². The Morgan fingerprint density at radius 2 is 2.00 bits per heavy atom. The van der Waals surface area contributed by atoms with Crippen LogP contribution < -0.4 is 5.43 Å². The summed E-state index contributed by atoms with van der Waals surface area (Å²) in [6, 6.07) is 12.8. The summed E-state index contributed by atoms with van der Waals surface area (Å²) in [7, 11) is 0. The Labute approximate surface area is 128 Å². The number of hydrogen-bond donors (Lipinski definition) is 2. The van der Waals surface area contributed by atoms with Crippen LogP contribution in [0.4, 0.5) is 0 Å². The van der Waals surface area contributed by atoms with Gasteiger partial charge in [0, 0.05) is 4.88 Å². The number of amides is 1. The molecule has 21 heavy (non-hydrogen) atoms. The van der Waals surface area contributed by atoms with Crippen LogP contribution in [0.25, 0.3) is 0 Å². The zero-order valence-corrected chi connectivity index (χ0v) is 12.9. The quantitative estimate of drug-likeness (QED) is 0.659. The topological polar surface area (TPSA) is 61.7 Å². The Bertz CT molecular complexity index is 635. The van der Waals surface area contributed by atoms with E-state index in [9.17, 15) is 9.90 Å². The average Bonchev–Trinajstić information content (AvgIpc) is 3.01. The second-order valence-electron chi connectivity index (χ2n) is 4.61. The molecular formula is C16H18N2O2S. The lowest BCUT2D eigenvalue weighted by Crippen LogP contribution is -2.26. The number of aryl methyl sites for hydroxylation is 1. The Morgan fingerprint density at radius 3 is 2.62 bits per heavy atom. The van der Waals surface area contributed by atoms with Gasteiger partial charge in [0.1, 0.15) is 0 Å². The number of thiophene rings is 1. The molecule has 1 aromatic carbocycles. The Balaban J connectivity index is 2.01. The highest BCUT2D eigenvalue weighted by molar-refractivity contribution is 7.14. The van der Waals surface area contributed by atoms with E-state index in [4.69, 9.17) is 0 Å². The van der Waals surface area contributed by atoms with E-state index in [1.54, 1.807) is 35.6 Å². The fourth-order valence-corrected chi connectivity index (χ4v) is 2.70. The molecule has 0 spiro atoms. The first kappa shape index (κ1) is 15.4. The van der Waals surface area contributed by atoms with Crippen molar-refractivity contribution >= 4 is 23.0 Å². The molecule has 0 aliphatic carbocycles. The number of nitrogens with one attached hydrogen (secondary N) is 1. The van der Waals surface area contributed by atoms with Crippen LogP contribution in [0.15, 0.2) is 47.6 Å². The van der Waals surface area contributed by atoms with Gasteiger partial charge in [-0.1, -0.05) is 37.3 Å². The summed E-state index contributed by atoms with van der Waals surface area (Å²) in [5.41, 5.74) is 3.69. The van der Waals surface area contributed by atoms with Crippen LogP contribution >= 0.6 is 11.3 Å². The normalized spacial score (nSPS) is 13.0. The Hall–Kier alpha value is -1.98. The minimum Gasteiger partial charge on any atom is -0.378 e. The number of carbonyl (C=O) groups is 1. The summed E-state index contributed by atoms with van der Waals surface area (Å²) >= 11 is 1.65. The fourth-order valence-electron chi connectivity index (χ4n) is 1.80. The van der Waals surface area contributed by atoms with Gasteiger partial charge in [-0.2, -0.15) is 5.10 Å². The van der Waals surface area contributed by atoms with Gasteiger partial charge >= 0.3 is 0 Å². The van der Waals surface area contributed by atoms with Crippen molar-refractivity contribution in [3.63, 3.8) is 0 Å². The maximum absolute atomic E-state index is 11.9. The van der Waals surface area contributed by atoms with Crippen LogP contribution in [0.1, 0.15) is 35.3 Å². The zero-order valence-electron chi connectivity index (χ0n) is 12.0. The minimum absolute atomic E-state index is 0.534. The van der Waals surface area contributed by atoms with E-state index in [0.717, 1.165) is 17.0 Å². The molecule has 5 heteroatoms. The Kier molecular flexibility index (Phi) is 5.25. The zero-order chi connectivity index (χ0) is 15.2. The van der Waals surface area contributed by atoms with Gasteiger partial charge in [0.2, 0.25) is 0 Å². The van der Waals surface area contributed by atoms with Crippen LogP contribution in [0.3, 0.4) is 0 Å². The number of aliphatic hydroxyl groups is 1. The highest BCUT2D eigenvalue weighted by Crippen LogP contribution is 2.17. The Morgan fingerprint density at radius 1 is 1.29 bits per heavy atom. The van der Waals surface area contributed by atoms with Gasteiger partial charge in [0.15, 0.2) is 6.10 Å². The first-order valence-electron chi connectivity index (χ1n) is 6.78. The van der Waals surface area contributed by atoms with Gasteiger partial charge in [-0.15, -0.1) is 11.3 Å². The maximum Gasteiger partial charge on any atom is 0.273 e. The average molecular weight is 302 g/mol. The largest absolute Gasteiger partial charge is 0.378 e. The first-order chi connectivity index (χ1) is 10.1. The number of benzene rings is 1. The van der Waals surface area contributed by atoms with Crippen molar-refractivity contribution in [2.24, 2.45) is 5.10 Å². The van der Waals surface area contributed by atoms with Gasteiger partial charge in [0.05, 0.1) is 10.6 Å². The summed E-state index contributed by atoms with van der Waals surface area (Å²) < 4.78 is 0. The van der Waals surface area contributed by atoms with Crippen molar-refractivity contribution in [1.29, 1.82) is 0 Å². The van der Waals surface area contributed by atoms with E-state index in [0.29, 0.717) is 5.56 Å². The molecule has 0 saturated heterocycles. The number of nitrogens with zero attached hydrogens (tertiary/aromatic N) is 1. The number of hydrogen-bond acceptors (Lipinski definition) is 4. The predicted octanol–water partition coefficient (Wildman–Crippen LogP) is 2.88. The SMILES string of the molecule is CCc1ccc(/C(C)=N/NC(=O)C(O)c2ccccc2)s1. The van der Waals surface area contributed by atoms with Crippen LogP contribution in [0.2, 0.25) is 0 Å². The summed E-state index contributed by atoms with van der Waals surface area (Å²) in [4.78, 5) is 14.2. The van der Waals surface area contributed by atoms with E-state index in [1.165, 1.54) is 4.88 Å². The molecule has 110 valence electrons. The van der Waals surface area contributed by atoms with Crippen LogP contribution in [0, 0.1) is 0 Å². The molecule has 1 atom stereocenters. The van der Waals surface area contributed by atoms with Gasteiger partial charge in [-0.25, -0.2) is 5.43 Å². The second kappa shape index (κ2) is 7.15. The standard InChI is InChI=1S/C16H18N2O2S/c1-3-13-9-10-14(21-13)11(2)17-18-16(20)15(19)12-7-5-4-6-8-12/h4-10,15,19H,3H2,1-2H3,(H,18,20)/b17-11+. The van der Waals surface area contributed by atoms with Gasteiger partial charge in [-0.05, 0) is 31.0 Å². The lowest BCUT2D eigenvalue weighted by Gasteiger charge is -2.09. The van der Waals surface area contributed by atoms with Crippen molar-refractivity contribution in [1.82, 2.24) is 5.43 Å². The van der Waals surface area contributed by atoms with Crippen molar-refractivity contribution in [2.75, 3.05) is 0 Å². The molecule has 0 fully saturated rings. The maximum atomic E-state index is 11.9. The molecule has 1 heterocycles. The highest BCUT2D eigenvalue weighted by atomic mass is 32.1. The summed E-state index contributed by atoms with van der Waals surface area (Å²) in [6.07, 6.45) is -0.228. The molecule has 2 aromatic rings. The number of carbonyl (C=O) groups excluding carboxylic acids is 1. The molecule has 4 nitrogen and oxygen atoms in total. The number of rotatable bonds is 5.